The van der Waals surface area contributed by atoms with Crippen LogP contribution in [-0.4, -0.2) is 33.9 Å². The summed E-state index contributed by atoms with van der Waals surface area (Å²) in [5.41, 5.74) is 12.5. The summed E-state index contributed by atoms with van der Waals surface area (Å²) in [6.07, 6.45) is 2.39. The first-order valence-corrected chi connectivity index (χ1v) is 11.3. The Morgan fingerprint density at radius 1 is 0.941 bits per heavy atom. The number of hydrogen-bond acceptors (Lipinski definition) is 6. The smallest absolute Gasteiger partial charge is 0.353 e. The van der Waals surface area contributed by atoms with Crippen molar-refractivity contribution in [2.75, 3.05) is 5.73 Å². The number of hydrogen-bond donors (Lipinski definition) is 1. The molecule has 172 valence electrons. The SMILES string of the molecule is CCn1nccc1CCn1nc2c(-c3cc(C)nc(C)c3)c(-c3ccccc3)nc(N)n2c1=O. The van der Waals surface area contributed by atoms with Crippen molar-refractivity contribution < 1.29 is 0 Å². The van der Waals surface area contributed by atoms with Gasteiger partial charge in [0.05, 0.1) is 17.8 Å². The van der Waals surface area contributed by atoms with Gasteiger partial charge in [-0.3, -0.25) is 9.67 Å². The molecule has 9 heteroatoms. The van der Waals surface area contributed by atoms with E-state index >= 15 is 0 Å². The van der Waals surface area contributed by atoms with Crippen molar-refractivity contribution in [1.29, 1.82) is 0 Å². The minimum Gasteiger partial charge on any atom is -0.369 e. The number of anilines is 1. The number of aryl methyl sites for hydroxylation is 5. The quantitative estimate of drug-likeness (QED) is 0.422. The molecule has 0 bridgehead atoms. The fraction of sp³-hybridized carbons (Fsp3) is 0.240. The second kappa shape index (κ2) is 8.58. The third-order valence-corrected chi connectivity index (χ3v) is 5.86. The summed E-state index contributed by atoms with van der Waals surface area (Å²) in [7, 11) is 0. The standard InChI is InChI=1S/C25H26N8O/c1-4-31-20(10-12-27-31)11-13-32-25(34)33-23(30-32)21(19-14-16(2)28-17(3)15-19)22(29-24(33)26)18-8-6-5-7-9-18/h5-10,12,14-15H,4,11,13H2,1-3H3,(H2,26,29). The highest BCUT2D eigenvalue weighted by molar-refractivity contribution is 5.90. The Hall–Kier alpha value is -4.27. The van der Waals surface area contributed by atoms with E-state index in [9.17, 15) is 4.79 Å². The molecule has 0 radical (unpaired) electrons. The molecule has 34 heavy (non-hydrogen) atoms. The maximum absolute atomic E-state index is 13.3. The van der Waals surface area contributed by atoms with Crippen LogP contribution >= 0.6 is 0 Å². The first-order valence-electron chi connectivity index (χ1n) is 11.3. The van der Waals surface area contributed by atoms with Crippen LogP contribution in [0.1, 0.15) is 24.0 Å². The molecule has 4 aromatic heterocycles. The van der Waals surface area contributed by atoms with E-state index in [1.54, 1.807) is 6.20 Å². The van der Waals surface area contributed by atoms with Gasteiger partial charge in [0.25, 0.3) is 0 Å². The third kappa shape index (κ3) is 3.75. The third-order valence-electron chi connectivity index (χ3n) is 5.86. The highest BCUT2D eigenvalue weighted by Gasteiger charge is 2.22. The predicted octanol–water partition coefficient (Wildman–Crippen LogP) is 3.28. The minimum atomic E-state index is -0.314. The molecule has 2 N–H and O–H groups in total. The van der Waals surface area contributed by atoms with Crippen LogP contribution in [0, 0.1) is 13.8 Å². The molecule has 0 amide bonds. The lowest BCUT2D eigenvalue weighted by atomic mass is 9.99. The summed E-state index contributed by atoms with van der Waals surface area (Å²) in [6, 6.07) is 15.7. The lowest BCUT2D eigenvalue weighted by Gasteiger charge is -2.13. The Kier molecular flexibility index (Phi) is 5.45. The van der Waals surface area contributed by atoms with Crippen molar-refractivity contribution in [3.8, 4) is 22.4 Å². The van der Waals surface area contributed by atoms with Crippen LogP contribution in [0.4, 0.5) is 5.95 Å². The Bertz CT molecular complexity index is 1520. The van der Waals surface area contributed by atoms with E-state index < -0.39 is 0 Å². The molecule has 0 atom stereocenters. The summed E-state index contributed by atoms with van der Waals surface area (Å²) < 4.78 is 4.77. The van der Waals surface area contributed by atoms with E-state index in [-0.39, 0.29) is 11.6 Å². The fourth-order valence-corrected chi connectivity index (χ4v) is 4.38. The molecule has 0 saturated carbocycles. The summed E-state index contributed by atoms with van der Waals surface area (Å²) in [4.78, 5) is 22.5. The van der Waals surface area contributed by atoms with Crippen LogP contribution in [0.2, 0.25) is 0 Å². The first kappa shape index (κ1) is 21.6. The van der Waals surface area contributed by atoms with E-state index in [1.807, 2.05) is 74.0 Å². The monoisotopic (exact) mass is 454 g/mol. The van der Waals surface area contributed by atoms with E-state index in [2.05, 4.69) is 15.1 Å². The van der Waals surface area contributed by atoms with Crippen LogP contribution in [0.5, 0.6) is 0 Å². The van der Waals surface area contributed by atoms with Crippen LogP contribution < -0.4 is 11.4 Å². The van der Waals surface area contributed by atoms with Gasteiger partial charge < -0.3 is 5.73 Å². The first-order chi connectivity index (χ1) is 16.5. The van der Waals surface area contributed by atoms with E-state index in [0.29, 0.717) is 24.3 Å². The van der Waals surface area contributed by atoms with Crippen LogP contribution in [-0.2, 0) is 19.5 Å². The Balaban J connectivity index is 1.73. The average molecular weight is 455 g/mol. The molecule has 4 heterocycles. The Morgan fingerprint density at radius 3 is 2.38 bits per heavy atom. The van der Waals surface area contributed by atoms with Crippen LogP contribution in [0.25, 0.3) is 28.0 Å². The molecule has 5 rings (SSSR count). The van der Waals surface area contributed by atoms with Crippen molar-refractivity contribution >= 4 is 11.6 Å². The van der Waals surface area contributed by atoms with Crippen molar-refractivity contribution in [2.45, 2.75) is 40.3 Å². The van der Waals surface area contributed by atoms with Gasteiger partial charge in [-0.2, -0.15) is 5.10 Å². The molecule has 0 aliphatic heterocycles. The van der Waals surface area contributed by atoms with Gasteiger partial charge in [0.1, 0.15) is 0 Å². The predicted molar refractivity (Wildman–Crippen MR) is 131 cm³/mol. The lowest BCUT2D eigenvalue weighted by molar-refractivity contribution is 0.551. The molecule has 0 spiro atoms. The van der Waals surface area contributed by atoms with Gasteiger partial charge in [0, 0.05) is 41.8 Å². The number of pyridine rings is 1. The van der Waals surface area contributed by atoms with Gasteiger partial charge in [0.2, 0.25) is 5.95 Å². The number of aromatic nitrogens is 7. The summed E-state index contributed by atoms with van der Waals surface area (Å²) >= 11 is 0. The van der Waals surface area contributed by atoms with Gasteiger partial charge in [0.15, 0.2) is 5.65 Å². The van der Waals surface area contributed by atoms with Crippen molar-refractivity contribution in [3.05, 3.63) is 82.3 Å². The molecule has 0 fully saturated rings. The maximum Gasteiger partial charge on any atom is 0.353 e. The molecule has 0 aliphatic carbocycles. The van der Waals surface area contributed by atoms with E-state index in [1.165, 1.54) is 9.08 Å². The lowest BCUT2D eigenvalue weighted by Crippen LogP contribution is -2.24. The zero-order valence-electron chi connectivity index (χ0n) is 19.4. The van der Waals surface area contributed by atoms with Gasteiger partial charge in [-0.15, -0.1) is 5.10 Å². The topological polar surface area (TPSA) is 109 Å². The molecular weight excluding hydrogens is 428 g/mol. The zero-order chi connectivity index (χ0) is 23.8. The molecule has 0 unspecified atom stereocenters. The zero-order valence-corrected chi connectivity index (χ0v) is 19.4. The van der Waals surface area contributed by atoms with Crippen molar-refractivity contribution in [1.82, 2.24) is 33.9 Å². The molecular formula is C25H26N8O. The largest absolute Gasteiger partial charge is 0.369 e. The summed E-state index contributed by atoms with van der Waals surface area (Å²) in [5, 5.41) is 9.06. The second-order valence-electron chi connectivity index (χ2n) is 8.25. The molecule has 9 nitrogen and oxygen atoms in total. The van der Waals surface area contributed by atoms with Crippen molar-refractivity contribution in [2.24, 2.45) is 0 Å². The molecule has 0 aliphatic rings. The second-order valence-corrected chi connectivity index (χ2v) is 8.25. The Labute approximate surface area is 196 Å². The number of nitrogens with zero attached hydrogens (tertiary/aromatic N) is 7. The van der Waals surface area contributed by atoms with Crippen molar-refractivity contribution in [3.63, 3.8) is 0 Å². The van der Waals surface area contributed by atoms with Crippen LogP contribution in [0.15, 0.2) is 59.5 Å². The number of nitrogen functional groups attached to an aromatic ring is 1. The molecule has 0 saturated heterocycles. The van der Waals surface area contributed by atoms with Crippen LogP contribution in [0.3, 0.4) is 0 Å². The minimum absolute atomic E-state index is 0.106. The molecule has 5 aromatic rings. The average Bonchev–Trinajstić information content (AvgIpc) is 3.41. The number of benzene rings is 1. The maximum atomic E-state index is 13.3. The number of nitrogens with two attached hydrogens (primary N) is 1. The van der Waals surface area contributed by atoms with Gasteiger partial charge in [-0.1, -0.05) is 30.3 Å². The fourth-order valence-electron chi connectivity index (χ4n) is 4.38. The van der Waals surface area contributed by atoms with Gasteiger partial charge in [-0.05, 0) is 44.5 Å². The highest BCUT2D eigenvalue weighted by Crippen LogP contribution is 2.34. The van der Waals surface area contributed by atoms with E-state index in [0.717, 1.165) is 40.3 Å². The number of fused-ring (bicyclic) bond motifs is 1. The summed E-state index contributed by atoms with van der Waals surface area (Å²) in [5.74, 6) is 0.106. The highest BCUT2D eigenvalue weighted by atomic mass is 16.2. The summed E-state index contributed by atoms with van der Waals surface area (Å²) in [6.45, 7) is 7.10. The van der Waals surface area contributed by atoms with Gasteiger partial charge in [-0.25, -0.2) is 18.9 Å². The number of rotatable bonds is 6. The molecule has 1 aromatic carbocycles. The Morgan fingerprint density at radius 2 is 1.68 bits per heavy atom. The normalized spacial score (nSPS) is 11.4. The van der Waals surface area contributed by atoms with E-state index in [4.69, 9.17) is 10.8 Å². The van der Waals surface area contributed by atoms with Gasteiger partial charge >= 0.3 is 5.69 Å².